The summed E-state index contributed by atoms with van der Waals surface area (Å²) in [4.78, 5) is 8.54. The van der Waals surface area contributed by atoms with Gasteiger partial charge in [0.25, 0.3) is 0 Å². The molecule has 1 aromatic rings. The third-order valence-electron chi connectivity index (χ3n) is 2.99. The summed E-state index contributed by atoms with van der Waals surface area (Å²) in [6, 6.07) is 0.354. The fourth-order valence-electron chi connectivity index (χ4n) is 2.34. The highest BCUT2D eigenvalue weighted by Gasteiger charge is 2.32. The lowest BCUT2D eigenvalue weighted by Gasteiger charge is -2.25. The van der Waals surface area contributed by atoms with E-state index in [4.69, 9.17) is 4.52 Å². The van der Waals surface area contributed by atoms with Crippen molar-refractivity contribution in [3.63, 3.8) is 0 Å². The van der Waals surface area contributed by atoms with E-state index < -0.39 is 0 Å². The first-order chi connectivity index (χ1) is 8.04. The van der Waals surface area contributed by atoms with Crippen LogP contribution in [0.4, 0.5) is 0 Å². The molecule has 6 nitrogen and oxygen atoms in total. The molecule has 1 saturated heterocycles. The highest BCUT2D eigenvalue weighted by atomic mass is 16.5. The normalized spacial score (nSPS) is 25.9. The molecular formula is C11H20N4O2. The molecule has 0 bridgehead atoms. The minimum Gasteiger partial charge on any atom is -0.392 e. The molecule has 1 aliphatic heterocycles. The van der Waals surface area contributed by atoms with Crippen LogP contribution in [0.5, 0.6) is 0 Å². The van der Waals surface area contributed by atoms with Crippen LogP contribution in [0.25, 0.3) is 0 Å². The van der Waals surface area contributed by atoms with Gasteiger partial charge < -0.3 is 14.5 Å². The standard InChI is InChI=1S/C11H20N4O2/c1-8-12-11(17-13-8)7-15-6-10(16)4-9(15)5-14(2)3/h9-10,16H,4-7H2,1-3H3. The van der Waals surface area contributed by atoms with Crippen molar-refractivity contribution in [2.75, 3.05) is 27.2 Å². The maximum absolute atomic E-state index is 9.74. The molecule has 1 N–H and O–H groups in total. The molecule has 1 aliphatic rings. The Hall–Kier alpha value is -0.980. The lowest BCUT2D eigenvalue weighted by Crippen LogP contribution is -2.37. The Morgan fingerprint density at radius 1 is 1.53 bits per heavy atom. The minimum atomic E-state index is -0.246. The molecule has 2 rings (SSSR count). The lowest BCUT2D eigenvalue weighted by atomic mass is 10.2. The molecule has 96 valence electrons. The van der Waals surface area contributed by atoms with Gasteiger partial charge in [-0.25, -0.2) is 0 Å². The van der Waals surface area contributed by atoms with E-state index in [1.807, 2.05) is 21.0 Å². The highest BCUT2D eigenvalue weighted by molar-refractivity contribution is 4.90. The van der Waals surface area contributed by atoms with Crippen LogP contribution in [0.3, 0.4) is 0 Å². The van der Waals surface area contributed by atoms with Crippen molar-refractivity contribution in [3.05, 3.63) is 11.7 Å². The van der Waals surface area contributed by atoms with Gasteiger partial charge in [0.2, 0.25) is 5.89 Å². The van der Waals surface area contributed by atoms with Crippen LogP contribution in [0.15, 0.2) is 4.52 Å². The summed E-state index contributed by atoms with van der Waals surface area (Å²) in [5.74, 6) is 1.28. The van der Waals surface area contributed by atoms with Gasteiger partial charge in [-0.1, -0.05) is 5.16 Å². The van der Waals surface area contributed by atoms with E-state index in [2.05, 4.69) is 19.9 Å². The number of rotatable bonds is 4. The predicted molar refractivity (Wildman–Crippen MR) is 62.4 cm³/mol. The zero-order chi connectivity index (χ0) is 12.4. The third-order valence-corrected chi connectivity index (χ3v) is 2.99. The summed E-state index contributed by atoms with van der Waals surface area (Å²) < 4.78 is 5.12. The second kappa shape index (κ2) is 5.12. The van der Waals surface area contributed by atoms with Crippen molar-refractivity contribution in [2.45, 2.75) is 32.0 Å². The second-order valence-corrected chi connectivity index (χ2v) is 4.97. The van der Waals surface area contributed by atoms with Gasteiger partial charge >= 0.3 is 0 Å². The Kier molecular flexibility index (Phi) is 3.76. The largest absolute Gasteiger partial charge is 0.392 e. The first-order valence-electron chi connectivity index (χ1n) is 5.90. The van der Waals surface area contributed by atoms with Crippen molar-refractivity contribution >= 4 is 0 Å². The number of aromatic nitrogens is 2. The van der Waals surface area contributed by atoms with Crippen molar-refractivity contribution in [1.82, 2.24) is 19.9 Å². The van der Waals surface area contributed by atoms with E-state index in [-0.39, 0.29) is 6.10 Å². The van der Waals surface area contributed by atoms with Crippen LogP contribution < -0.4 is 0 Å². The van der Waals surface area contributed by atoms with Gasteiger partial charge in [0.1, 0.15) is 0 Å². The molecule has 1 fully saturated rings. The Bertz CT molecular complexity index is 366. The van der Waals surface area contributed by atoms with Crippen molar-refractivity contribution in [2.24, 2.45) is 0 Å². The van der Waals surface area contributed by atoms with Crippen LogP contribution >= 0.6 is 0 Å². The second-order valence-electron chi connectivity index (χ2n) is 4.97. The average Bonchev–Trinajstić information content (AvgIpc) is 2.74. The van der Waals surface area contributed by atoms with Crippen LogP contribution in [0, 0.1) is 6.92 Å². The maximum atomic E-state index is 9.74. The van der Waals surface area contributed by atoms with E-state index in [0.29, 0.717) is 30.8 Å². The molecule has 1 aromatic heterocycles. The van der Waals surface area contributed by atoms with Gasteiger partial charge in [-0.15, -0.1) is 0 Å². The number of aliphatic hydroxyl groups excluding tert-OH is 1. The summed E-state index contributed by atoms with van der Waals surface area (Å²) in [6.45, 7) is 4.05. The third kappa shape index (κ3) is 3.24. The number of hydrogen-bond donors (Lipinski definition) is 1. The average molecular weight is 240 g/mol. The zero-order valence-corrected chi connectivity index (χ0v) is 10.6. The Labute approximate surface area is 101 Å². The highest BCUT2D eigenvalue weighted by Crippen LogP contribution is 2.20. The summed E-state index contributed by atoms with van der Waals surface area (Å²) in [5, 5.41) is 13.5. The van der Waals surface area contributed by atoms with Crippen molar-refractivity contribution in [1.29, 1.82) is 0 Å². The van der Waals surface area contributed by atoms with E-state index >= 15 is 0 Å². The number of aryl methyl sites for hydroxylation is 1. The molecule has 0 amide bonds. The SMILES string of the molecule is Cc1noc(CN2CC(O)CC2CN(C)C)n1. The van der Waals surface area contributed by atoms with E-state index in [0.717, 1.165) is 13.0 Å². The summed E-state index contributed by atoms with van der Waals surface area (Å²) in [7, 11) is 4.08. The van der Waals surface area contributed by atoms with E-state index in [1.165, 1.54) is 0 Å². The van der Waals surface area contributed by atoms with Crippen LogP contribution in [0.2, 0.25) is 0 Å². The summed E-state index contributed by atoms with van der Waals surface area (Å²) in [6.07, 6.45) is 0.564. The first kappa shape index (κ1) is 12.5. The number of likely N-dealkylation sites (tertiary alicyclic amines) is 1. The molecule has 0 spiro atoms. The Morgan fingerprint density at radius 3 is 2.88 bits per heavy atom. The molecule has 17 heavy (non-hydrogen) atoms. The monoisotopic (exact) mass is 240 g/mol. The molecule has 6 heteroatoms. The fraction of sp³-hybridized carbons (Fsp3) is 0.818. The molecule has 2 unspecified atom stereocenters. The smallest absolute Gasteiger partial charge is 0.240 e. The predicted octanol–water partition coefficient (Wildman–Crippen LogP) is -0.125. The number of β-amino-alcohol motifs (C(OH)–C–C–N with tert-alkyl or cyclic N) is 1. The maximum Gasteiger partial charge on any atom is 0.240 e. The van der Waals surface area contributed by atoms with Crippen molar-refractivity contribution < 1.29 is 9.63 Å². The quantitative estimate of drug-likeness (QED) is 0.791. The molecule has 0 aromatic carbocycles. The number of aliphatic hydroxyl groups is 1. The van der Waals surface area contributed by atoms with E-state index in [1.54, 1.807) is 0 Å². The molecule has 0 aliphatic carbocycles. The fourth-order valence-corrected chi connectivity index (χ4v) is 2.34. The first-order valence-corrected chi connectivity index (χ1v) is 5.90. The lowest BCUT2D eigenvalue weighted by molar-refractivity contribution is 0.158. The summed E-state index contributed by atoms with van der Waals surface area (Å²) >= 11 is 0. The van der Waals surface area contributed by atoms with Crippen LogP contribution in [-0.2, 0) is 6.54 Å². The van der Waals surface area contributed by atoms with Gasteiger partial charge in [-0.2, -0.15) is 4.98 Å². The van der Waals surface area contributed by atoms with E-state index in [9.17, 15) is 5.11 Å². The van der Waals surface area contributed by atoms with Gasteiger partial charge in [-0.05, 0) is 27.4 Å². The minimum absolute atomic E-state index is 0.246. The van der Waals surface area contributed by atoms with Crippen LogP contribution in [0.1, 0.15) is 18.1 Å². The van der Waals surface area contributed by atoms with Crippen molar-refractivity contribution in [3.8, 4) is 0 Å². The molecule has 2 atom stereocenters. The Morgan fingerprint density at radius 2 is 2.29 bits per heavy atom. The number of likely N-dealkylation sites (N-methyl/N-ethyl adjacent to an activating group) is 1. The van der Waals surface area contributed by atoms with Crippen LogP contribution in [-0.4, -0.2) is 64.4 Å². The molecule has 2 heterocycles. The topological polar surface area (TPSA) is 65.6 Å². The van der Waals surface area contributed by atoms with Gasteiger partial charge in [0.15, 0.2) is 5.82 Å². The number of hydrogen-bond acceptors (Lipinski definition) is 6. The molecular weight excluding hydrogens is 220 g/mol. The molecule has 0 radical (unpaired) electrons. The van der Waals surface area contributed by atoms with Gasteiger partial charge in [0.05, 0.1) is 12.6 Å². The zero-order valence-electron chi connectivity index (χ0n) is 10.6. The van der Waals surface area contributed by atoms with Gasteiger partial charge in [0, 0.05) is 19.1 Å². The van der Waals surface area contributed by atoms with Gasteiger partial charge in [-0.3, -0.25) is 4.90 Å². The summed E-state index contributed by atoms with van der Waals surface area (Å²) in [5.41, 5.74) is 0. The number of nitrogens with zero attached hydrogens (tertiary/aromatic N) is 4. The molecule has 0 saturated carbocycles. The Balaban J connectivity index is 1.98.